The number of ether oxygens (including phenoxy) is 1. The Bertz CT molecular complexity index is 755. The van der Waals surface area contributed by atoms with Crippen molar-refractivity contribution in [1.29, 1.82) is 0 Å². The maximum Gasteiger partial charge on any atom is 0.417 e. The fraction of sp³-hybridized carbons (Fsp3) is 0.214. The minimum absolute atomic E-state index is 0.198. The number of hydrogen-bond acceptors (Lipinski definition) is 2. The first-order chi connectivity index (χ1) is 10.2. The van der Waals surface area contributed by atoms with Crippen LogP contribution in [0.2, 0.25) is 5.02 Å². The van der Waals surface area contributed by atoms with Crippen LogP contribution in [0.5, 0.6) is 5.75 Å². The van der Waals surface area contributed by atoms with Gasteiger partial charge in [-0.25, -0.2) is 4.39 Å². The van der Waals surface area contributed by atoms with Gasteiger partial charge < -0.3 is 4.74 Å². The van der Waals surface area contributed by atoms with Crippen LogP contribution in [-0.2, 0) is 6.18 Å². The Morgan fingerprint density at radius 3 is 2.50 bits per heavy atom. The zero-order valence-corrected chi connectivity index (χ0v) is 12.0. The first-order valence-corrected chi connectivity index (χ1v) is 6.41. The van der Waals surface area contributed by atoms with Crippen molar-refractivity contribution in [3.05, 3.63) is 57.0 Å². The molecule has 0 fully saturated rings. The Morgan fingerprint density at radius 2 is 1.95 bits per heavy atom. The lowest BCUT2D eigenvalue weighted by atomic mass is 10.1. The molecule has 2 rings (SSSR count). The second kappa shape index (κ2) is 6.00. The third kappa shape index (κ3) is 3.24. The molecule has 0 unspecified atom stereocenters. The molecule has 0 atom stereocenters. The van der Waals surface area contributed by atoms with Crippen LogP contribution in [0.1, 0.15) is 11.1 Å². The molecule has 0 amide bonds. The lowest BCUT2D eigenvalue weighted by Crippen LogP contribution is -2.22. The molecule has 2 aromatic rings. The number of benzene rings is 1. The predicted octanol–water partition coefficient (Wildman–Crippen LogP) is 4.12. The minimum atomic E-state index is -4.63. The third-order valence-electron chi connectivity index (χ3n) is 2.95. The van der Waals surface area contributed by atoms with Crippen molar-refractivity contribution in [2.24, 2.45) is 0 Å². The normalized spacial score (nSPS) is 11.5. The van der Waals surface area contributed by atoms with E-state index in [1.807, 2.05) is 0 Å². The van der Waals surface area contributed by atoms with E-state index < -0.39 is 29.2 Å². The Kier molecular flexibility index (Phi) is 4.46. The Labute approximate surface area is 127 Å². The first-order valence-electron chi connectivity index (χ1n) is 6.03. The molecule has 1 aromatic carbocycles. The van der Waals surface area contributed by atoms with Crippen molar-refractivity contribution < 1.29 is 22.3 Å². The van der Waals surface area contributed by atoms with Crippen LogP contribution >= 0.6 is 11.6 Å². The number of alkyl halides is 4. The smallest absolute Gasteiger partial charge is 0.417 e. The van der Waals surface area contributed by atoms with Gasteiger partial charge in [0.25, 0.3) is 5.56 Å². The molecule has 0 N–H and O–H groups in total. The largest absolute Gasteiger partial charge is 0.463 e. The summed E-state index contributed by atoms with van der Waals surface area (Å²) in [6.07, 6.45) is -3.96. The number of halogens is 5. The average molecular weight is 336 g/mol. The van der Waals surface area contributed by atoms with Crippen LogP contribution in [0.25, 0.3) is 5.69 Å². The van der Waals surface area contributed by atoms with Gasteiger partial charge in [-0.1, -0.05) is 11.6 Å². The summed E-state index contributed by atoms with van der Waals surface area (Å²) in [5, 5.41) is -0.543. The molecule has 0 aliphatic heterocycles. The molecule has 0 spiro atoms. The van der Waals surface area contributed by atoms with Crippen LogP contribution in [0.3, 0.4) is 0 Å². The number of aryl methyl sites for hydroxylation is 1. The fourth-order valence-electron chi connectivity index (χ4n) is 1.93. The summed E-state index contributed by atoms with van der Waals surface area (Å²) in [5.74, 6) is 0.204. The maximum absolute atomic E-state index is 12.8. The second-order valence-corrected chi connectivity index (χ2v) is 4.86. The van der Waals surface area contributed by atoms with Gasteiger partial charge in [0.15, 0.2) is 0 Å². The molecule has 1 aromatic heterocycles. The van der Waals surface area contributed by atoms with Crippen LogP contribution in [0.15, 0.2) is 35.3 Å². The SMILES string of the molecule is Cc1cc(OCF)ccc1-n1cc(C(F)(F)F)cc(Cl)c1=O. The van der Waals surface area contributed by atoms with E-state index in [1.165, 1.54) is 18.2 Å². The van der Waals surface area contributed by atoms with Crippen molar-refractivity contribution in [2.45, 2.75) is 13.1 Å². The van der Waals surface area contributed by atoms with Crippen molar-refractivity contribution in [1.82, 2.24) is 4.57 Å². The van der Waals surface area contributed by atoms with Crippen LogP contribution < -0.4 is 10.3 Å². The van der Waals surface area contributed by atoms with E-state index in [4.69, 9.17) is 11.6 Å². The fourth-order valence-corrected chi connectivity index (χ4v) is 2.14. The van der Waals surface area contributed by atoms with Crippen molar-refractivity contribution >= 4 is 11.6 Å². The van der Waals surface area contributed by atoms with Gasteiger partial charge in [-0.2, -0.15) is 13.2 Å². The van der Waals surface area contributed by atoms with Crippen LogP contribution in [0, 0.1) is 6.92 Å². The van der Waals surface area contributed by atoms with Crippen molar-refractivity contribution in [3.63, 3.8) is 0 Å². The minimum Gasteiger partial charge on any atom is -0.463 e. The summed E-state index contributed by atoms with van der Waals surface area (Å²) >= 11 is 5.60. The van der Waals surface area contributed by atoms with E-state index in [0.29, 0.717) is 17.8 Å². The Hall–Kier alpha value is -2.02. The quantitative estimate of drug-likeness (QED) is 0.790. The first kappa shape index (κ1) is 16.4. The van der Waals surface area contributed by atoms with E-state index in [0.717, 1.165) is 4.57 Å². The molecule has 3 nitrogen and oxygen atoms in total. The zero-order valence-electron chi connectivity index (χ0n) is 11.2. The van der Waals surface area contributed by atoms with E-state index in [-0.39, 0.29) is 11.4 Å². The van der Waals surface area contributed by atoms with Gasteiger partial charge in [0.2, 0.25) is 6.86 Å². The molecule has 22 heavy (non-hydrogen) atoms. The summed E-state index contributed by atoms with van der Waals surface area (Å²) in [5.41, 5.74) is -1.19. The molecule has 1 heterocycles. The highest BCUT2D eigenvalue weighted by Crippen LogP contribution is 2.30. The average Bonchev–Trinajstić information content (AvgIpc) is 2.41. The van der Waals surface area contributed by atoms with Gasteiger partial charge in [-0.15, -0.1) is 0 Å². The standard InChI is InChI=1S/C14H10ClF4NO2/c1-8-4-10(22-7-16)2-3-12(8)20-6-9(14(17,18)19)5-11(15)13(20)21/h2-6H,7H2,1H3. The van der Waals surface area contributed by atoms with Gasteiger partial charge in [-0.3, -0.25) is 9.36 Å². The summed E-state index contributed by atoms with van der Waals surface area (Å²) in [6.45, 7) is 0.523. The molecule has 0 aliphatic rings. The molecule has 0 radical (unpaired) electrons. The van der Waals surface area contributed by atoms with Gasteiger partial charge in [0.05, 0.1) is 11.3 Å². The van der Waals surface area contributed by atoms with Crippen LogP contribution in [0.4, 0.5) is 17.6 Å². The number of pyridine rings is 1. The highest BCUT2D eigenvalue weighted by atomic mass is 35.5. The second-order valence-electron chi connectivity index (χ2n) is 4.45. The molecule has 118 valence electrons. The molecular weight excluding hydrogens is 326 g/mol. The number of nitrogens with zero attached hydrogens (tertiary/aromatic N) is 1. The van der Waals surface area contributed by atoms with Gasteiger partial charge in [0.1, 0.15) is 10.8 Å². The molecule has 0 saturated heterocycles. The lowest BCUT2D eigenvalue weighted by molar-refractivity contribution is -0.138. The highest BCUT2D eigenvalue weighted by molar-refractivity contribution is 6.30. The van der Waals surface area contributed by atoms with Crippen LogP contribution in [-0.4, -0.2) is 11.4 Å². The number of aromatic nitrogens is 1. The molecule has 0 aliphatic carbocycles. The Balaban J connectivity index is 2.62. The van der Waals surface area contributed by atoms with Gasteiger partial charge in [0, 0.05) is 6.20 Å². The summed E-state index contributed by atoms with van der Waals surface area (Å²) in [4.78, 5) is 12.0. The Morgan fingerprint density at radius 1 is 1.27 bits per heavy atom. The summed E-state index contributed by atoms with van der Waals surface area (Å²) in [7, 11) is 0. The molecule has 8 heteroatoms. The maximum atomic E-state index is 12.8. The van der Waals surface area contributed by atoms with Crippen molar-refractivity contribution in [3.8, 4) is 11.4 Å². The molecule has 0 saturated carbocycles. The zero-order chi connectivity index (χ0) is 16.5. The molecule has 0 bridgehead atoms. The van der Waals surface area contributed by atoms with Crippen molar-refractivity contribution in [2.75, 3.05) is 6.86 Å². The third-order valence-corrected chi connectivity index (χ3v) is 3.22. The topological polar surface area (TPSA) is 31.2 Å². The summed E-state index contributed by atoms with van der Waals surface area (Å²) in [6, 6.07) is 4.70. The predicted molar refractivity (Wildman–Crippen MR) is 73.4 cm³/mol. The highest BCUT2D eigenvalue weighted by Gasteiger charge is 2.32. The monoisotopic (exact) mass is 335 g/mol. The summed E-state index contributed by atoms with van der Waals surface area (Å²) < 4.78 is 56.0. The lowest BCUT2D eigenvalue weighted by Gasteiger charge is -2.14. The number of rotatable bonds is 3. The van der Waals surface area contributed by atoms with Gasteiger partial charge >= 0.3 is 6.18 Å². The molecular formula is C14H10ClF4NO2. The van der Waals surface area contributed by atoms with E-state index in [1.54, 1.807) is 6.92 Å². The number of hydrogen-bond donors (Lipinski definition) is 0. The van der Waals surface area contributed by atoms with E-state index in [2.05, 4.69) is 4.74 Å². The van der Waals surface area contributed by atoms with E-state index in [9.17, 15) is 22.4 Å². The van der Waals surface area contributed by atoms with E-state index >= 15 is 0 Å². The van der Waals surface area contributed by atoms with Gasteiger partial charge in [-0.05, 0) is 36.8 Å².